The molecule has 0 aliphatic rings. The Labute approximate surface area is 129 Å². The fourth-order valence-electron chi connectivity index (χ4n) is 1.40. The van der Waals surface area contributed by atoms with Gasteiger partial charge in [-0.2, -0.15) is 0 Å². The SMILES string of the molecule is CCCNCCNC(=O)c1ccc(C)c(I)c1.Cl. The average molecular weight is 383 g/mol. The minimum Gasteiger partial charge on any atom is -0.351 e. The topological polar surface area (TPSA) is 41.1 Å². The monoisotopic (exact) mass is 382 g/mol. The highest BCUT2D eigenvalue weighted by molar-refractivity contribution is 14.1. The van der Waals surface area contributed by atoms with E-state index < -0.39 is 0 Å². The molecule has 102 valence electrons. The van der Waals surface area contributed by atoms with E-state index in [1.807, 2.05) is 25.1 Å². The number of hydrogen-bond acceptors (Lipinski definition) is 2. The number of nitrogens with one attached hydrogen (secondary N) is 2. The molecule has 1 aromatic rings. The van der Waals surface area contributed by atoms with Crippen LogP contribution < -0.4 is 10.6 Å². The van der Waals surface area contributed by atoms with E-state index in [0.29, 0.717) is 6.54 Å². The van der Waals surface area contributed by atoms with Crippen LogP contribution in [0.5, 0.6) is 0 Å². The Balaban J connectivity index is 0.00000289. The van der Waals surface area contributed by atoms with E-state index in [2.05, 4.69) is 40.1 Å². The molecule has 0 saturated heterocycles. The zero-order valence-electron chi connectivity index (χ0n) is 10.8. The second-order valence-electron chi connectivity index (χ2n) is 3.97. The Morgan fingerprint density at radius 1 is 1.28 bits per heavy atom. The van der Waals surface area contributed by atoms with Crippen LogP contribution in [0.4, 0.5) is 0 Å². The Bertz CT molecular complexity index is 385. The molecule has 0 heterocycles. The van der Waals surface area contributed by atoms with E-state index >= 15 is 0 Å². The number of aryl methyl sites for hydroxylation is 1. The van der Waals surface area contributed by atoms with Crippen LogP contribution in [0.15, 0.2) is 18.2 Å². The van der Waals surface area contributed by atoms with Gasteiger partial charge in [-0.3, -0.25) is 4.79 Å². The summed E-state index contributed by atoms with van der Waals surface area (Å²) in [5.74, 6) is 0.00112. The number of halogens is 2. The Kier molecular flexibility index (Phi) is 9.40. The third-order valence-corrected chi connectivity index (χ3v) is 3.61. The van der Waals surface area contributed by atoms with Crippen molar-refractivity contribution < 1.29 is 4.79 Å². The van der Waals surface area contributed by atoms with Crippen LogP contribution in [0.1, 0.15) is 29.3 Å². The van der Waals surface area contributed by atoms with Crippen molar-refractivity contribution in [2.45, 2.75) is 20.3 Å². The highest BCUT2D eigenvalue weighted by atomic mass is 127. The number of hydrogen-bond donors (Lipinski definition) is 2. The molecule has 1 amide bonds. The molecule has 0 saturated carbocycles. The molecule has 0 bridgehead atoms. The largest absolute Gasteiger partial charge is 0.351 e. The zero-order chi connectivity index (χ0) is 12.7. The molecule has 0 atom stereocenters. The van der Waals surface area contributed by atoms with Crippen LogP contribution >= 0.6 is 35.0 Å². The summed E-state index contributed by atoms with van der Waals surface area (Å²) in [6.07, 6.45) is 1.12. The van der Waals surface area contributed by atoms with Gasteiger partial charge in [-0.25, -0.2) is 0 Å². The minimum absolute atomic E-state index is 0. The highest BCUT2D eigenvalue weighted by Gasteiger charge is 2.05. The molecule has 0 radical (unpaired) electrons. The molecule has 0 aliphatic heterocycles. The van der Waals surface area contributed by atoms with Crippen molar-refractivity contribution in [1.29, 1.82) is 0 Å². The third-order valence-electron chi connectivity index (χ3n) is 2.45. The van der Waals surface area contributed by atoms with Gasteiger partial charge in [0, 0.05) is 22.2 Å². The van der Waals surface area contributed by atoms with Gasteiger partial charge in [0.05, 0.1) is 0 Å². The molecule has 0 aliphatic carbocycles. The number of carbonyl (C=O) groups excluding carboxylic acids is 1. The van der Waals surface area contributed by atoms with Crippen molar-refractivity contribution >= 4 is 40.9 Å². The summed E-state index contributed by atoms with van der Waals surface area (Å²) in [6, 6.07) is 5.77. The van der Waals surface area contributed by atoms with E-state index in [-0.39, 0.29) is 18.3 Å². The lowest BCUT2D eigenvalue weighted by Crippen LogP contribution is -2.32. The Hall–Kier alpha value is -0.330. The van der Waals surface area contributed by atoms with Crippen molar-refractivity contribution in [2.75, 3.05) is 19.6 Å². The maximum Gasteiger partial charge on any atom is 0.251 e. The summed E-state index contributed by atoms with van der Waals surface area (Å²) in [6.45, 7) is 6.65. The minimum atomic E-state index is 0. The summed E-state index contributed by atoms with van der Waals surface area (Å²) < 4.78 is 1.12. The van der Waals surface area contributed by atoms with Gasteiger partial charge in [0.15, 0.2) is 0 Å². The van der Waals surface area contributed by atoms with Crippen LogP contribution in [0.2, 0.25) is 0 Å². The van der Waals surface area contributed by atoms with Crippen LogP contribution in [0.25, 0.3) is 0 Å². The number of benzene rings is 1. The van der Waals surface area contributed by atoms with Gasteiger partial charge in [0.2, 0.25) is 0 Å². The Morgan fingerprint density at radius 3 is 2.61 bits per heavy atom. The lowest BCUT2D eigenvalue weighted by Gasteiger charge is -2.07. The molecule has 0 aromatic heterocycles. The van der Waals surface area contributed by atoms with E-state index in [1.54, 1.807) is 0 Å². The smallest absolute Gasteiger partial charge is 0.251 e. The Morgan fingerprint density at radius 2 is 2.00 bits per heavy atom. The van der Waals surface area contributed by atoms with Crippen molar-refractivity contribution in [2.24, 2.45) is 0 Å². The summed E-state index contributed by atoms with van der Waals surface area (Å²) in [4.78, 5) is 11.8. The number of carbonyl (C=O) groups is 1. The van der Waals surface area contributed by atoms with Crippen LogP contribution in [-0.4, -0.2) is 25.5 Å². The van der Waals surface area contributed by atoms with E-state index in [0.717, 1.165) is 28.6 Å². The maximum absolute atomic E-state index is 11.8. The molecule has 5 heteroatoms. The van der Waals surface area contributed by atoms with Gasteiger partial charge in [-0.05, 0) is 60.2 Å². The molecular formula is C13H20ClIN2O. The van der Waals surface area contributed by atoms with Crippen molar-refractivity contribution in [3.8, 4) is 0 Å². The van der Waals surface area contributed by atoms with Gasteiger partial charge in [0.25, 0.3) is 5.91 Å². The summed E-state index contributed by atoms with van der Waals surface area (Å²) in [5.41, 5.74) is 1.93. The summed E-state index contributed by atoms with van der Waals surface area (Å²) in [7, 11) is 0. The highest BCUT2D eigenvalue weighted by Crippen LogP contribution is 2.13. The van der Waals surface area contributed by atoms with Gasteiger partial charge in [-0.15, -0.1) is 12.4 Å². The molecule has 1 aromatic carbocycles. The van der Waals surface area contributed by atoms with Crippen LogP contribution in [0, 0.1) is 10.5 Å². The molecule has 2 N–H and O–H groups in total. The standard InChI is InChI=1S/C13H19IN2O.ClH/c1-3-6-15-7-8-16-13(17)11-5-4-10(2)12(14)9-11;/h4-5,9,15H,3,6-8H2,1-2H3,(H,16,17);1H. The first kappa shape index (κ1) is 17.7. The van der Waals surface area contributed by atoms with Crippen LogP contribution in [0.3, 0.4) is 0 Å². The van der Waals surface area contributed by atoms with Gasteiger partial charge < -0.3 is 10.6 Å². The molecule has 0 fully saturated rings. The molecular weight excluding hydrogens is 363 g/mol. The first-order valence-corrected chi connectivity index (χ1v) is 6.98. The lowest BCUT2D eigenvalue weighted by molar-refractivity contribution is 0.0954. The van der Waals surface area contributed by atoms with Crippen LogP contribution in [-0.2, 0) is 0 Å². The van der Waals surface area contributed by atoms with Gasteiger partial charge >= 0.3 is 0 Å². The predicted octanol–water partition coefficient (Wildman–Crippen LogP) is 2.75. The summed E-state index contributed by atoms with van der Waals surface area (Å²) >= 11 is 2.25. The molecule has 3 nitrogen and oxygen atoms in total. The summed E-state index contributed by atoms with van der Waals surface area (Å²) in [5, 5.41) is 6.15. The van der Waals surface area contributed by atoms with Crippen molar-refractivity contribution in [1.82, 2.24) is 10.6 Å². The number of rotatable bonds is 6. The first-order valence-electron chi connectivity index (χ1n) is 5.90. The van der Waals surface area contributed by atoms with Gasteiger partial charge in [-0.1, -0.05) is 13.0 Å². The average Bonchev–Trinajstić information content (AvgIpc) is 2.32. The predicted molar refractivity (Wildman–Crippen MR) is 86.6 cm³/mol. The third kappa shape index (κ3) is 6.02. The normalized spacial score (nSPS) is 9.72. The van der Waals surface area contributed by atoms with E-state index in [9.17, 15) is 4.79 Å². The molecule has 18 heavy (non-hydrogen) atoms. The molecule has 0 spiro atoms. The number of amides is 1. The zero-order valence-corrected chi connectivity index (χ0v) is 13.7. The first-order chi connectivity index (χ1) is 8.15. The maximum atomic E-state index is 11.8. The van der Waals surface area contributed by atoms with Crippen molar-refractivity contribution in [3.63, 3.8) is 0 Å². The van der Waals surface area contributed by atoms with Gasteiger partial charge in [0.1, 0.15) is 0 Å². The van der Waals surface area contributed by atoms with Crippen molar-refractivity contribution in [3.05, 3.63) is 32.9 Å². The second kappa shape index (κ2) is 9.58. The van der Waals surface area contributed by atoms with E-state index in [4.69, 9.17) is 0 Å². The molecule has 1 rings (SSSR count). The molecule has 0 unspecified atom stereocenters. The fourth-order valence-corrected chi connectivity index (χ4v) is 1.92. The lowest BCUT2D eigenvalue weighted by atomic mass is 10.1. The second-order valence-corrected chi connectivity index (χ2v) is 5.13. The quantitative estimate of drug-likeness (QED) is 0.587. The van der Waals surface area contributed by atoms with E-state index in [1.165, 1.54) is 5.56 Å². The fraction of sp³-hybridized carbons (Fsp3) is 0.462.